The summed E-state index contributed by atoms with van der Waals surface area (Å²) in [5, 5.41) is 3.02. The van der Waals surface area contributed by atoms with E-state index in [0.29, 0.717) is 19.4 Å². The molecule has 0 bridgehead atoms. The van der Waals surface area contributed by atoms with Gasteiger partial charge in [0.25, 0.3) is 0 Å². The number of amides is 1. The lowest BCUT2D eigenvalue weighted by molar-refractivity contribution is -0.126. The van der Waals surface area contributed by atoms with E-state index in [1.807, 2.05) is 37.3 Å². The quantitative estimate of drug-likeness (QED) is 0.877. The molecule has 0 spiro atoms. The predicted molar refractivity (Wildman–Crippen MR) is 101 cm³/mol. The first-order chi connectivity index (χ1) is 12.5. The molecule has 1 saturated heterocycles. The largest absolute Gasteiger partial charge is 0.349 e. The Labute approximate surface area is 155 Å². The summed E-state index contributed by atoms with van der Waals surface area (Å²) in [5.41, 5.74) is 1.03. The van der Waals surface area contributed by atoms with Crippen molar-refractivity contribution in [2.45, 2.75) is 30.7 Å². The van der Waals surface area contributed by atoms with Crippen molar-refractivity contribution >= 4 is 15.9 Å². The zero-order valence-corrected chi connectivity index (χ0v) is 15.7. The van der Waals surface area contributed by atoms with Gasteiger partial charge in [-0.25, -0.2) is 8.42 Å². The van der Waals surface area contributed by atoms with E-state index in [-0.39, 0.29) is 29.3 Å². The molecule has 1 amide bonds. The van der Waals surface area contributed by atoms with Crippen molar-refractivity contribution in [3.05, 3.63) is 66.2 Å². The van der Waals surface area contributed by atoms with Crippen molar-refractivity contribution in [3.8, 4) is 0 Å². The van der Waals surface area contributed by atoms with Gasteiger partial charge in [0.05, 0.1) is 16.9 Å². The third-order valence-corrected chi connectivity index (χ3v) is 6.67. The molecular weight excluding hydrogens is 348 g/mol. The molecule has 1 fully saturated rings. The zero-order valence-electron chi connectivity index (χ0n) is 14.8. The molecule has 2 aromatic carbocycles. The minimum absolute atomic E-state index is 0.0886. The van der Waals surface area contributed by atoms with Gasteiger partial charge in [0, 0.05) is 13.1 Å². The second-order valence-corrected chi connectivity index (χ2v) is 8.59. The Bertz CT molecular complexity index is 838. The highest BCUT2D eigenvalue weighted by molar-refractivity contribution is 7.89. The first kappa shape index (κ1) is 18.6. The number of nitrogens with one attached hydrogen (secondary N) is 1. The number of nitrogens with zero attached hydrogens (tertiary/aromatic N) is 1. The average Bonchev–Trinajstić information content (AvgIpc) is 2.69. The van der Waals surface area contributed by atoms with Crippen molar-refractivity contribution in [1.29, 1.82) is 0 Å². The molecule has 1 N–H and O–H groups in total. The van der Waals surface area contributed by atoms with Gasteiger partial charge in [-0.1, -0.05) is 48.5 Å². The summed E-state index contributed by atoms with van der Waals surface area (Å²) in [7, 11) is -3.56. The number of carbonyl (C=O) groups excluding carboxylic acids is 1. The zero-order chi connectivity index (χ0) is 18.6. The molecular formula is C20H24N2O3S. The van der Waals surface area contributed by atoms with Gasteiger partial charge in [-0.05, 0) is 37.5 Å². The number of carbonyl (C=O) groups is 1. The second-order valence-electron chi connectivity index (χ2n) is 6.66. The second kappa shape index (κ2) is 8.01. The van der Waals surface area contributed by atoms with Crippen LogP contribution >= 0.6 is 0 Å². The highest BCUT2D eigenvalue weighted by Crippen LogP contribution is 2.24. The summed E-state index contributed by atoms with van der Waals surface area (Å²) in [6.45, 7) is 2.62. The van der Waals surface area contributed by atoms with E-state index in [2.05, 4.69) is 5.32 Å². The maximum absolute atomic E-state index is 12.8. The van der Waals surface area contributed by atoms with Crippen LogP contribution < -0.4 is 5.32 Å². The Hall–Kier alpha value is -2.18. The maximum atomic E-state index is 12.8. The first-order valence-electron chi connectivity index (χ1n) is 8.89. The topological polar surface area (TPSA) is 66.5 Å². The van der Waals surface area contributed by atoms with Crippen LogP contribution in [-0.2, 0) is 14.8 Å². The molecule has 0 saturated carbocycles. The molecule has 5 nitrogen and oxygen atoms in total. The normalized spacial score (nSPS) is 19.7. The van der Waals surface area contributed by atoms with E-state index < -0.39 is 10.0 Å². The molecule has 26 heavy (non-hydrogen) atoms. The summed E-state index contributed by atoms with van der Waals surface area (Å²) >= 11 is 0. The molecule has 3 rings (SSSR count). The van der Waals surface area contributed by atoms with Crippen LogP contribution in [0.15, 0.2) is 65.6 Å². The summed E-state index contributed by atoms with van der Waals surface area (Å²) < 4.78 is 27.0. The van der Waals surface area contributed by atoms with E-state index in [9.17, 15) is 13.2 Å². The summed E-state index contributed by atoms with van der Waals surface area (Å²) in [6, 6.07) is 18.0. The highest BCUT2D eigenvalue weighted by Gasteiger charge is 2.33. The number of benzene rings is 2. The minimum atomic E-state index is -3.56. The number of hydrogen-bond acceptors (Lipinski definition) is 3. The monoisotopic (exact) mass is 372 g/mol. The third-order valence-electron chi connectivity index (χ3n) is 4.79. The van der Waals surface area contributed by atoms with Crippen molar-refractivity contribution in [2.24, 2.45) is 5.92 Å². The van der Waals surface area contributed by atoms with Crippen molar-refractivity contribution < 1.29 is 13.2 Å². The predicted octanol–water partition coefficient (Wildman–Crippen LogP) is 2.96. The Kier molecular flexibility index (Phi) is 5.74. The molecule has 0 unspecified atom stereocenters. The van der Waals surface area contributed by atoms with Crippen molar-refractivity contribution in [3.63, 3.8) is 0 Å². The van der Waals surface area contributed by atoms with Gasteiger partial charge in [0.2, 0.25) is 15.9 Å². The van der Waals surface area contributed by atoms with Gasteiger partial charge in [-0.3, -0.25) is 4.79 Å². The molecule has 138 valence electrons. The highest BCUT2D eigenvalue weighted by atomic mass is 32.2. The lowest BCUT2D eigenvalue weighted by Crippen LogP contribution is -2.45. The van der Waals surface area contributed by atoms with Gasteiger partial charge >= 0.3 is 0 Å². The Morgan fingerprint density at radius 1 is 1.08 bits per heavy atom. The van der Waals surface area contributed by atoms with Crippen LogP contribution in [0, 0.1) is 5.92 Å². The van der Waals surface area contributed by atoms with Crippen LogP contribution in [0.25, 0.3) is 0 Å². The minimum Gasteiger partial charge on any atom is -0.349 e. The molecule has 6 heteroatoms. The first-order valence-corrected chi connectivity index (χ1v) is 10.3. The number of rotatable bonds is 5. The van der Waals surface area contributed by atoms with Gasteiger partial charge in [-0.15, -0.1) is 0 Å². The number of piperidine rings is 1. The molecule has 1 aliphatic rings. The van der Waals surface area contributed by atoms with Crippen molar-refractivity contribution in [1.82, 2.24) is 9.62 Å². The smallest absolute Gasteiger partial charge is 0.243 e. The van der Waals surface area contributed by atoms with Crippen LogP contribution in [0.2, 0.25) is 0 Å². The fourth-order valence-electron chi connectivity index (χ4n) is 3.27. The fraction of sp³-hybridized carbons (Fsp3) is 0.350. The third kappa shape index (κ3) is 4.14. The van der Waals surface area contributed by atoms with E-state index in [1.165, 1.54) is 4.31 Å². The summed E-state index contributed by atoms with van der Waals surface area (Å²) in [4.78, 5) is 12.9. The lowest BCUT2D eigenvalue weighted by Gasteiger charge is -2.32. The Morgan fingerprint density at radius 3 is 2.35 bits per heavy atom. The lowest BCUT2D eigenvalue weighted by atomic mass is 9.98. The molecule has 2 aromatic rings. The van der Waals surface area contributed by atoms with Crippen LogP contribution in [0.3, 0.4) is 0 Å². The van der Waals surface area contributed by atoms with Crippen LogP contribution in [0.5, 0.6) is 0 Å². The Morgan fingerprint density at radius 2 is 1.69 bits per heavy atom. The molecule has 0 aromatic heterocycles. The molecule has 1 aliphatic heterocycles. The van der Waals surface area contributed by atoms with Gasteiger partial charge in [-0.2, -0.15) is 4.31 Å². The fourth-order valence-corrected chi connectivity index (χ4v) is 4.82. The standard InChI is InChI=1S/C20H24N2O3S/c1-16(17-9-4-2-5-10-17)21-20(23)18-11-8-14-22(15-18)26(24,25)19-12-6-3-7-13-19/h2-7,9-10,12-13,16,18H,8,11,14-15H2,1H3,(H,21,23)/t16-,18+/m0/s1. The van der Waals surface area contributed by atoms with Gasteiger partial charge in [0.15, 0.2) is 0 Å². The van der Waals surface area contributed by atoms with E-state index >= 15 is 0 Å². The summed E-state index contributed by atoms with van der Waals surface area (Å²) in [6.07, 6.45) is 1.39. The molecule has 0 radical (unpaired) electrons. The molecule has 2 atom stereocenters. The number of hydrogen-bond donors (Lipinski definition) is 1. The molecule has 1 heterocycles. The van der Waals surface area contributed by atoms with Crippen LogP contribution in [0.4, 0.5) is 0 Å². The van der Waals surface area contributed by atoms with Crippen LogP contribution in [-0.4, -0.2) is 31.7 Å². The van der Waals surface area contributed by atoms with E-state index in [0.717, 1.165) is 5.56 Å². The molecule has 0 aliphatic carbocycles. The summed E-state index contributed by atoms with van der Waals surface area (Å²) in [5.74, 6) is -0.414. The average molecular weight is 372 g/mol. The van der Waals surface area contributed by atoms with Gasteiger partial charge in [0.1, 0.15) is 0 Å². The van der Waals surface area contributed by atoms with Crippen molar-refractivity contribution in [2.75, 3.05) is 13.1 Å². The Balaban J connectivity index is 1.67. The number of sulfonamides is 1. The SMILES string of the molecule is C[C@H](NC(=O)[C@@H]1CCCN(S(=O)(=O)c2ccccc2)C1)c1ccccc1. The van der Waals surface area contributed by atoms with E-state index in [4.69, 9.17) is 0 Å². The maximum Gasteiger partial charge on any atom is 0.243 e. The van der Waals surface area contributed by atoms with Gasteiger partial charge < -0.3 is 5.32 Å². The van der Waals surface area contributed by atoms with E-state index in [1.54, 1.807) is 30.3 Å². The van der Waals surface area contributed by atoms with Crippen LogP contribution in [0.1, 0.15) is 31.4 Å².